The van der Waals surface area contributed by atoms with Gasteiger partial charge in [-0.1, -0.05) is 200 Å². The van der Waals surface area contributed by atoms with Crippen LogP contribution in [0, 0.1) is 0 Å². The second-order valence-corrected chi connectivity index (χ2v) is 35.9. The molecule has 0 saturated carbocycles. The molecule has 0 unspecified atom stereocenters. The molecular weight excluding hydrogens is 1400 g/mol. The van der Waals surface area contributed by atoms with Gasteiger partial charge in [0.1, 0.15) is 0 Å². The van der Waals surface area contributed by atoms with E-state index in [1.165, 1.54) is 202 Å². The molecule has 0 aliphatic carbocycles. The monoisotopic (exact) mass is 1450 g/mol. The highest BCUT2D eigenvalue weighted by Gasteiger charge is 2.18. The van der Waals surface area contributed by atoms with E-state index < -0.39 is 0 Å². The average molecular weight is 1450 g/mol. The summed E-state index contributed by atoms with van der Waals surface area (Å²) in [5.74, 6) is 0. The van der Waals surface area contributed by atoms with Crippen LogP contribution in [0.15, 0.2) is 303 Å². The fourth-order valence-corrected chi connectivity index (χ4v) is 26.7. The third-order valence-electron chi connectivity index (χ3n) is 19.4. The van der Waals surface area contributed by atoms with E-state index in [1.54, 1.807) is 0 Å². The molecule has 0 spiro atoms. The number of hydrogen-bond acceptors (Lipinski definition) is 10. The largest absolute Gasteiger partial charge is 0.135 e. The molecule has 25 rings (SSSR count). The Morgan fingerprint density at radius 2 is 0.320 bits per heavy atom. The first-order chi connectivity index (χ1) is 49.5. The molecule has 470 valence electrons. The molecule has 0 saturated heterocycles. The van der Waals surface area contributed by atoms with Crippen LogP contribution in [0.4, 0.5) is 0 Å². The maximum atomic E-state index is 2.38. The van der Waals surface area contributed by atoms with E-state index in [2.05, 4.69) is 303 Å². The molecule has 100 heavy (non-hydrogen) atoms. The van der Waals surface area contributed by atoms with Crippen LogP contribution in [0.5, 0.6) is 0 Å². The van der Waals surface area contributed by atoms with E-state index in [1.807, 2.05) is 113 Å². The minimum Gasteiger partial charge on any atom is -0.135 e. The van der Waals surface area contributed by atoms with Crippen LogP contribution in [-0.4, -0.2) is 0 Å². The molecule has 0 N–H and O–H groups in total. The topological polar surface area (TPSA) is 0 Å². The van der Waals surface area contributed by atoms with Crippen LogP contribution in [-0.2, 0) is 0 Å². The first kappa shape index (κ1) is 59.4. The van der Waals surface area contributed by atoms with Crippen molar-refractivity contribution >= 4 is 315 Å². The summed E-state index contributed by atoms with van der Waals surface area (Å²) >= 11 is 19.0. The zero-order valence-corrected chi connectivity index (χ0v) is 61.1. The standard InChI is InChI=1S/5C18H10S2/c1-3-7-15-11(5-1)13-9-18-14(10-17(13)19-15)12-6-2-4-8-16(12)20-18;1-3-7-15-11(5-1)13-9-14-12-6-2-4-8-16(12)20-18(14)10-17(13)19-15;1-3-7-14-11(5-1)12-9-10-16-17(18(12)20-14)13-6-2-4-8-15(13)19-16;1-3-7-15-11(5-1)13-9-10-14-12-6-2-4-8-16(12)20-18(14)17(13)19-15;1-3-7-13-11(5-1)17-15(19-13)9-10-16-18(17)12-6-2-4-8-14(12)20-16/h5*1-10H. The average Bonchev–Trinajstić information content (AvgIpc) is 1.60. The Morgan fingerprint density at radius 1 is 0.110 bits per heavy atom. The third kappa shape index (κ3) is 9.76. The van der Waals surface area contributed by atoms with Crippen LogP contribution in [0.3, 0.4) is 0 Å². The normalized spacial score (nSPS) is 12.0. The van der Waals surface area contributed by atoms with Crippen molar-refractivity contribution in [3.05, 3.63) is 303 Å². The summed E-state index contributed by atoms with van der Waals surface area (Å²) in [7, 11) is 0. The van der Waals surface area contributed by atoms with Crippen molar-refractivity contribution in [2.24, 2.45) is 0 Å². The lowest BCUT2D eigenvalue weighted by Gasteiger charge is -1.96. The molecule has 10 heteroatoms. The van der Waals surface area contributed by atoms with Gasteiger partial charge in [0, 0.05) is 192 Å². The zero-order valence-electron chi connectivity index (χ0n) is 52.9. The van der Waals surface area contributed by atoms with E-state index >= 15 is 0 Å². The van der Waals surface area contributed by atoms with Gasteiger partial charge in [0.05, 0.1) is 9.40 Å². The maximum Gasteiger partial charge on any atom is 0.0534 e. The summed E-state index contributed by atoms with van der Waals surface area (Å²) in [5, 5.41) is 27.9. The first-order valence-electron chi connectivity index (χ1n) is 33.1. The fourth-order valence-electron chi connectivity index (χ4n) is 14.9. The molecule has 0 aliphatic heterocycles. The Hall–Kier alpha value is -9.50. The summed E-state index contributed by atoms with van der Waals surface area (Å²) in [6.45, 7) is 0. The highest BCUT2D eigenvalue weighted by Crippen LogP contribution is 2.49. The van der Waals surface area contributed by atoms with Crippen LogP contribution < -0.4 is 0 Å². The highest BCUT2D eigenvalue weighted by atomic mass is 32.1. The minimum absolute atomic E-state index is 1.38. The van der Waals surface area contributed by atoms with Gasteiger partial charge in [-0.05, 0) is 103 Å². The zero-order chi connectivity index (χ0) is 65.5. The number of thiophene rings is 10. The second kappa shape index (κ2) is 24.1. The van der Waals surface area contributed by atoms with E-state index in [0.29, 0.717) is 0 Å². The lowest BCUT2D eigenvalue weighted by atomic mass is 10.1. The molecule has 15 aromatic carbocycles. The van der Waals surface area contributed by atoms with Crippen molar-refractivity contribution in [2.75, 3.05) is 0 Å². The van der Waals surface area contributed by atoms with Crippen molar-refractivity contribution in [3.63, 3.8) is 0 Å². The van der Waals surface area contributed by atoms with Crippen LogP contribution in [0.1, 0.15) is 0 Å². The van der Waals surface area contributed by atoms with E-state index in [9.17, 15) is 0 Å². The van der Waals surface area contributed by atoms with E-state index in [-0.39, 0.29) is 0 Å². The van der Waals surface area contributed by atoms with Crippen molar-refractivity contribution in [1.29, 1.82) is 0 Å². The number of rotatable bonds is 0. The molecule has 0 fully saturated rings. The molecule has 25 aromatic rings. The summed E-state index contributed by atoms with van der Waals surface area (Å²) < 4.78 is 27.8. The van der Waals surface area contributed by atoms with Crippen molar-refractivity contribution in [2.45, 2.75) is 0 Å². The minimum atomic E-state index is 1.38. The number of fused-ring (bicyclic) bond motifs is 33. The molecule has 10 heterocycles. The van der Waals surface area contributed by atoms with Gasteiger partial charge in [-0.15, -0.1) is 113 Å². The van der Waals surface area contributed by atoms with Crippen molar-refractivity contribution in [1.82, 2.24) is 0 Å². The number of hydrogen-bond donors (Lipinski definition) is 0. The molecule has 0 aliphatic rings. The first-order valence-corrected chi connectivity index (χ1v) is 41.3. The molecule has 0 radical (unpaired) electrons. The Morgan fingerprint density at radius 3 is 0.670 bits per heavy atom. The smallest absolute Gasteiger partial charge is 0.0534 e. The van der Waals surface area contributed by atoms with Crippen LogP contribution in [0.2, 0.25) is 0 Å². The SMILES string of the molecule is c1ccc2c(c1)sc1c2ccc2c3ccccc3sc21.c1ccc2c(c1)sc1c2ccc2sc3ccccc3c21.c1ccc2c(c1)sc1cc3c(cc12)sc1ccccc13.c1ccc2c(c1)sc1cc3sc4ccccc4c3cc12.c1ccc2c(c1)sc1ccc3sc4ccccc4c3c12. The van der Waals surface area contributed by atoms with Gasteiger partial charge in [-0.2, -0.15) is 0 Å². The Kier molecular flexibility index (Phi) is 14.3. The second-order valence-electron chi connectivity index (χ2n) is 25.1. The van der Waals surface area contributed by atoms with Gasteiger partial charge >= 0.3 is 0 Å². The molecule has 0 nitrogen and oxygen atoms in total. The van der Waals surface area contributed by atoms with E-state index in [0.717, 1.165) is 0 Å². The molecule has 10 aromatic heterocycles. The van der Waals surface area contributed by atoms with Crippen LogP contribution >= 0.6 is 113 Å². The predicted molar refractivity (Wildman–Crippen MR) is 461 cm³/mol. The summed E-state index contributed by atoms with van der Waals surface area (Å²) in [5.41, 5.74) is 0. The Bertz CT molecular complexity index is 7150. The van der Waals surface area contributed by atoms with Gasteiger partial charge in [-0.25, -0.2) is 0 Å². The van der Waals surface area contributed by atoms with E-state index in [4.69, 9.17) is 0 Å². The molecule has 0 atom stereocenters. The van der Waals surface area contributed by atoms with Gasteiger partial charge < -0.3 is 0 Å². The van der Waals surface area contributed by atoms with Gasteiger partial charge in [0.2, 0.25) is 0 Å². The third-order valence-corrected chi connectivity index (χ3v) is 31.1. The fraction of sp³-hybridized carbons (Fsp3) is 0. The number of benzene rings is 15. The summed E-state index contributed by atoms with van der Waals surface area (Å²) in [6.07, 6.45) is 0. The quantitative estimate of drug-likeness (QED) is 0.142. The molecular formula is C90H50S10. The lowest BCUT2D eigenvalue weighted by Crippen LogP contribution is -1.69. The Labute approximate surface area is 612 Å². The molecule has 0 amide bonds. The van der Waals surface area contributed by atoms with Gasteiger partial charge in [0.25, 0.3) is 0 Å². The van der Waals surface area contributed by atoms with Gasteiger partial charge in [-0.3, -0.25) is 0 Å². The van der Waals surface area contributed by atoms with Gasteiger partial charge in [0.15, 0.2) is 0 Å². The lowest BCUT2D eigenvalue weighted by molar-refractivity contribution is 1.86. The maximum absolute atomic E-state index is 2.38. The van der Waals surface area contributed by atoms with Crippen molar-refractivity contribution < 1.29 is 0 Å². The Balaban J connectivity index is 0.0000000818. The van der Waals surface area contributed by atoms with Crippen LogP contribution in [0.25, 0.3) is 202 Å². The molecule has 0 bridgehead atoms. The van der Waals surface area contributed by atoms with Crippen molar-refractivity contribution in [3.8, 4) is 0 Å². The highest BCUT2D eigenvalue weighted by molar-refractivity contribution is 7.34. The predicted octanol–water partition coefficient (Wildman–Crippen LogP) is 32.1. The summed E-state index contributed by atoms with van der Waals surface area (Å²) in [6, 6.07) is 110. The summed E-state index contributed by atoms with van der Waals surface area (Å²) in [4.78, 5) is 0.